The van der Waals surface area contributed by atoms with E-state index in [1.165, 1.54) is 12.1 Å². The fourth-order valence-corrected chi connectivity index (χ4v) is 2.89. The molecule has 2 aromatic rings. The number of nitroso groups, excluding NO2 is 1. The van der Waals surface area contributed by atoms with Gasteiger partial charge in [0, 0.05) is 29.5 Å². The van der Waals surface area contributed by atoms with E-state index in [0.717, 1.165) is 11.9 Å². The zero-order chi connectivity index (χ0) is 24.3. The second kappa shape index (κ2) is 12.6. The number of thiocarbonyl (C=S) groups is 1. The molecule has 9 nitrogen and oxygen atoms in total. The van der Waals surface area contributed by atoms with E-state index in [0.29, 0.717) is 5.69 Å². The van der Waals surface area contributed by atoms with E-state index in [4.69, 9.17) is 9.47 Å². The van der Waals surface area contributed by atoms with Gasteiger partial charge in [0.05, 0.1) is 22.0 Å². The van der Waals surface area contributed by atoms with Gasteiger partial charge in [0.15, 0.2) is 0 Å². The number of ether oxygens (including phenoxy) is 2. The number of carbonyl (C=O) groups excluding carboxylic acids is 3. The van der Waals surface area contributed by atoms with Gasteiger partial charge in [0.1, 0.15) is 17.1 Å². The van der Waals surface area contributed by atoms with Gasteiger partial charge in [-0.25, -0.2) is 4.79 Å². The Morgan fingerprint density at radius 1 is 1.06 bits per heavy atom. The number of isothiocyanates is 1. The van der Waals surface area contributed by atoms with Crippen LogP contribution in [0.1, 0.15) is 37.0 Å². The lowest BCUT2D eigenvalue weighted by atomic mass is 10.2. The normalized spacial score (nSPS) is 10.5. The zero-order valence-electron chi connectivity index (χ0n) is 17.9. The van der Waals surface area contributed by atoms with Gasteiger partial charge in [-0.05, 0) is 62.5 Å². The molecular formula is C22H21N3O6S2. The average molecular weight is 488 g/mol. The Balaban J connectivity index is 1.93. The summed E-state index contributed by atoms with van der Waals surface area (Å²) in [7, 11) is 0. The third-order valence-corrected chi connectivity index (χ3v) is 4.91. The summed E-state index contributed by atoms with van der Waals surface area (Å²) in [5.74, 6) is -1.49. The number of nitrogens with zero attached hydrogens (tertiary/aromatic N) is 2. The summed E-state index contributed by atoms with van der Waals surface area (Å²) in [6.45, 7) is 3.72. The van der Waals surface area contributed by atoms with Crippen molar-refractivity contribution < 1.29 is 23.9 Å². The van der Waals surface area contributed by atoms with Crippen molar-refractivity contribution in [1.29, 1.82) is 0 Å². The summed E-state index contributed by atoms with van der Waals surface area (Å²) in [4.78, 5) is 50.9. The molecule has 0 saturated heterocycles. The molecule has 0 aliphatic carbocycles. The molecule has 11 heteroatoms. The molecule has 0 radical (unpaired) electrons. The molecule has 1 amide bonds. The highest BCUT2D eigenvalue weighted by molar-refractivity contribution is 7.99. The number of aliphatic imine (C=N–C) groups is 1. The Morgan fingerprint density at radius 2 is 1.76 bits per heavy atom. The van der Waals surface area contributed by atoms with Crippen LogP contribution in [0.5, 0.6) is 11.5 Å². The number of rotatable bonds is 11. The van der Waals surface area contributed by atoms with E-state index in [1.807, 2.05) is 0 Å². The second-order valence-electron chi connectivity index (χ2n) is 7.26. The highest BCUT2D eigenvalue weighted by Gasteiger charge is 2.21. The van der Waals surface area contributed by atoms with Crippen molar-refractivity contribution >= 4 is 52.9 Å². The number of esters is 2. The van der Waals surface area contributed by atoms with Gasteiger partial charge in [-0.3, -0.25) is 9.59 Å². The molecule has 0 aromatic heterocycles. The van der Waals surface area contributed by atoms with Crippen LogP contribution in [0.4, 0.5) is 5.69 Å². The van der Waals surface area contributed by atoms with Crippen molar-refractivity contribution in [3.63, 3.8) is 0 Å². The highest BCUT2D eigenvalue weighted by Crippen LogP contribution is 2.24. The first-order valence-electron chi connectivity index (χ1n) is 9.71. The maximum absolute atomic E-state index is 12.6. The number of amides is 1. The molecule has 2 rings (SSSR count). The van der Waals surface area contributed by atoms with Crippen LogP contribution in [0.3, 0.4) is 0 Å². The first kappa shape index (κ1) is 25.9. The zero-order valence-corrected chi connectivity index (χ0v) is 19.5. The van der Waals surface area contributed by atoms with Crippen molar-refractivity contribution in [2.75, 3.05) is 6.54 Å². The maximum atomic E-state index is 12.6. The van der Waals surface area contributed by atoms with E-state index >= 15 is 0 Å². The molecule has 0 heterocycles. The fraction of sp³-hybridized carbons (Fsp3) is 0.273. The summed E-state index contributed by atoms with van der Waals surface area (Å²) in [5, 5.41) is 4.88. The summed E-state index contributed by atoms with van der Waals surface area (Å²) in [5.41, 5.74) is 0.613. The predicted octanol–water partition coefficient (Wildman–Crippen LogP) is 4.64. The lowest BCUT2D eigenvalue weighted by Gasteiger charge is -2.19. The first-order chi connectivity index (χ1) is 15.7. The standard InChI is InChI=1S/C22H21N3O6S2/c1-22(2,33-25-29)13-23-19(26)11-12-20(27)31-18-6-4-3-5-17(18)21(28)30-16-9-7-15(8-10-16)24-14-32/h3-10H,11-13H2,1-2H3,(H,23,26). The van der Waals surface area contributed by atoms with Crippen LogP contribution < -0.4 is 14.8 Å². The molecule has 0 spiro atoms. The Kier molecular flexibility index (Phi) is 9.86. The topological polar surface area (TPSA) is 123 Å². The molecular weight excluding hydrogens is 466 g/mol. The van der Waals surface area contributed by atoms with Crippen LogP contribution in [0, 0.1) is 4.91 Å². The minimum absolute atomic E-state index is 0.0180. The smallest absolute Gasteiger partial charge is 0.347 e. The van der Waals surface area contributed by atoms with Gasteiger partial charge in [0.25, 0.3) is 0 Å². The van der Waals surface area contributed by atoms with Crippen molar-refractivity contribution in [1.82, 2.24) is 5.32 Å². The van der Waals surface area contributed by atoms with Gasteiger partial charge in [-0.15, -0.1) is 4.91 Å². The minimum atomic E-state index is -0.717. The number of hydrogen-bond acceptors (Lipinski definition) is 10. The summed E-state index contributed by atoms with van der Waals surface area (Å²) >= 11 is 5.36. The summed E-state index contributed by atoms with van der Waals surface area (Å²) < 4.78 is 12.8. The van der Waals surface area contributed by atoms with Crippen molar-refractivity contribution in [2.45, 2.75) is 31.4 Å². The number of para-hydroxylation sites is 1. The summed E-state index contributed by atoms with van der Waals surface area (Å²) in [6, 6.07) is 12.4. The molecule has 0 aliphatic rings. The molecule has 0 atom stereocenters. The maximum Gasteiger partial charge on any atom is 0.347 e. The third kappa shape index (κ3) is 8.93. The molecule has 33 heavy (non-hydrogen) atoms. The lowest BCUT2D eigenvalue weighted by molar-refractivity contribution is -0.136. The van der Waals surface area contributed by atoms with Crippen LogP contribution >= 0.6 is 24.2 Å². The lowest BCUT2D eigenvalue weighted by Crippen LogP contribution is -2.36. The number of hydrogen-bond donors (Lipinski definition) is 1. The quantitative estimate of drug-likeness (QED) is 0.121. The molecule has 0 saturated carbocycles. The molecule has 0 unspecified atom stereocenters. The van der Waals surface area contributed by atoms with Crippen molar-refractivity contribution in [3.8, 4) is 11.5 Å². The average Bonchev–Trinajstić information content (AvgIpc) is 2.78. The number of carbonyl (C=O) groups is 3. The monoisotopic (exact) mass is 487 g/mol. The van der Waals surface area contributed by atoms with Gasteiger partial charge in [0.2, 0.25) is 5.91 Å². The van der Waals surface area contributed by atoms with E-state index in [1.54, 1.807) is 50.2 Å². The first-order valence-corrected chi connectivity index (χ1v) is 10.9. The Hall–Kier alpha value is -3.40. The fourth-order valence-electron chi connectivity index (χ4n) is 2.45. The molecule has 1 N–H and O–H groups in total. The van der Waals surface area contributed by atoms with Crippen LogP contribution in [-0.4, -0.2) is 34.3 Å². The van der Waals surface area contributed by atoms with E-state index in [-0.39, 0.29) is 42.4 Å². The van der Waals surface area contributed by atoms with E-state index in [2.05, 4.69) is 32.3 Å². The van der Waals surface area contributed by atoms with Crippen LogP contribution in [-0.2, 0) is 9.59 Å². The van der Waals surface area contributed by atoms with Gasteiger partial charge < -0.3 is 14.8 Å². The van der Waals surface area contributed by atoms with E-state index < -0.39 is 16.7 Å². The van der Waals surface area contributed by atoms with E-state index in [9.17, 15) is 19.3 Å². The molecule has 0 aliphatic heterocycles. The van der Waals surface area contributed by atoms with Crippen LogP contribution in [0.15, 0.2) is 58.1 Å². The third-order valence-electron chi connectivity index (χ3n) is 4.10. The van der Waals surface area contributed by atoms with Crippen molar-refractivity contribution in [2.24, 2.45) is 9.57 Å². The predicted molar refractivity (Wildman–Crippen MR) is 128 cm³/mol. The molecule has 0 bridgehead atoms. The highest BCUT2D eigenvalue weighted by atomic mass is 32.2. The minimum Gasteiger partial charge on any atom is -0.426 e. The molecule has 2 aromatic carbocycles. The van der Waals surface area contributed by atoms with Gasteiger partial charge >= 0.3 is 11.9 Å². The Bertz CT molecular complexity index is 1070. The van der Waals surface area contributed by atoms with Gasteiger partial charge in [-0.2, -0.15) is 4.99 Å². The summed E-state index contributed by atoms with van der Waals surface area (Å²) in [6.07, 6.45) is -0.312. The van der Waals surface area contributed by atoms with Crippen LogP contribution in [0.2, 0.25) is 0 Å². The molecule has 172 valence electrons. The van der Waals surface area contributed by atoms with Crippen LogP contribution in [0.25, 0.3) is 0 Å². The van der Waals surface area contributed by atoms with Gasteiger partial charge in [-0.1, -0.05) is 12.1 Å². The Labute approximate surface area is 200 Å². The number of benzene rings is 2. The SMILES string of the molecule is CC(C)(CNC(=O)CCC(=O)Oc1ccccc1C(=O)Oc1ccc(N=C=S)cc1)SN=O. The number of nitrogens with one attached hydrogen (secondary N) is 1. The molecule has 0 fully saturated rings. The van der Waals surface area contributed by atoms with Crippen molar-refractivity contribution in [3.05, 3.63) is 59.0 Å². The Morgan fingerprint density at radius 3 is 2.42 bits per heavy atom. The second-order valence-corrected chi connectivity index (χ2v) is 8.88. The largest absolute Gasteiger partial charge is 0.426 e.